The van der Waals surface area contributed by atoms with Gasteiger partial charge in [-0.2, -0.15) is 5.01 Å². The molecular formula is C36H30N4O8. The standard InChI is InChI=1S/C36H30N4O8/c1-22-7-3-6-10-30(22)37-36(44)29-21-32(27-8-4-5-9-28(27)35(29)43)48-31-16-13-25(40(45)46)19-23(31)20-34(42)39-33(41)17-18-38(39)24-11-14-26(47-2)15-12-24/h3-16,19,21,43H,17-18,20H2,1-2H3,(H,37,44). The molecule has 0 spiro atoms. The molecule has 0 aromatic heterocycles. The molecule has 3 amide bonds. The topological polar surface area (TPSA) is 152 Å². The summed E-state index contributed by atoms with van der Waals surface area (Å²) in [6, 6.07) is 26.0. The van der Waals surface area contributed by atoms with Gasteiger partial charge in [-0.1, -0.05) is 42.5 Å². The average molecular weight is 647 g/mol. The molecule has 1 heterocycles. The number of non-ortho nitro benzene ring substituents is 1. The summed E-state index contributed by atoms with van der Waals surface area (Å²) < 4.78 is 11.5. The van der Waals surface area contributed by atoms with E-state index in [9.17, 15) is 29.6 Å². The molecule has 242 valence electrons. The van der Waals surface area contributed by atoms with Crippen LogP contribution in [0.3, 0.4) is 0 Å². The van der Waals surface area contributed by atoms with Crippen molar-refractivity contribution < 1.29 is 33.9 Å². The van der Waals surface area contributed by atoms with Gasteiger partial charge in [-0.25, -0.2) is 0 Å². The highest BCUT2D eigenvalue weighted by Gasteiger charge is 2.35. The molecule has 12 nitrogen and oxygen atoms in total. The molecule has 1 fully saturated rings. The molecule has 5 aromatic rings. The fraction of sp³-hybridized carbons (Fsp3) is 0.139. The average Bonchev–Trinajstić information content (AvgIpc) is 3.48. The van der Waals surface area contributed by atoms with Crippen LogP contribution < -0.4 is 19.8 Å². The molecule has 0 unspecified atom stereocenters. The van der Waals surface area contributed by atoms with Crippen molar-refractivity contribution in [3.05, 3.63) is 124 Å². The number of carbonyl (C=O) groups is 3. The number of anilines is 2. The van der Waals surface area contributed by atoms with Crippen molar-refractivity contribution in [2.45, 2.75) is 19.8 Å². The highest BCUT2D eigenvalue weighted by molar-refractivity contribution is 6.11. The SMILES string of the molecule is COc1ccc(N2CCC(=O)N2C(=O)Cc2cc([N+](=O)[O-])ccc2Oc2cc(C(=O)Nc3ccccc3C)c(O)c3ccccc23)cc1. The number of nitro benzene ring substituents is 1. The van der Waals surface area contributed by atoms with Crippen molar-refractivity contribution in [2.75, 3.05) is 24.0 Å². The molecule has 0 atom stereocenters. The Hall–Kier alpha value is -6.43. The number of nitrogens with zero attached hydrogens (tertiary/aromatic N) is 3. The lowest BCUT2D eigenvalue weighted by molar-refractivity contribution is -0.384. The largest absolute Gasteiger partial charge is 0.506 e. The van der Waals surface area contributed by atoms with Gasteiger partial charge in [0.25, 0.3) is 17.5 Å². The number of fused-ring (bicyclic) bond motifs is 1. The van der Waals surface area contributed by atoms with Gasteiger partial charge in [-0.15, -0.1) is 0 Å². The van der Waals surface area contributed by atoms with Gasteiger partial charge in [0.05, 0.1) is 29.7 Å². The molecule has 0 radical (unpaired) electrons. The van der Waals surface area contributed by atoms with Gasteiger partial charge in [0, 0.05) is 47.1 Å². The van der Waals surface area contributed by atoms with Crippen molar-refractivity contribution in [1.29, 1.82) is 0 Å². The Morgan fingerprint density at radius 2 is 1.65 bits per heavy atom. The van der Waals surface area contributed by atoms with E-state index in [-0.39, 0.29) is 47.0 Å². The van der Waals surface area contributed by atoms with Gasteiger partial charge in [-0.3, -0.25) is 29.5 Å². The molecule has 0 aliphatic carbocycles. The second-order valence-electron chi connectivity index (χ2n) is 11.1. The second kappa shape index (κ2) is 13.1. The van der Waals surface area contributed by atoms with E-state index in [0.717, 1.165) is 10.6 Å². The molecule has 6 rings (SSSR count). The minimum atomic E-state index is -0.618. The Morgan fingerprint density at radius 3 is 2.35 bits per heavy atom. The molecule has 12 heteroatoms. The minimum absolute atomic E-state index is 0.0655. The number of aromatic hydroxyl groups is 1. The quantitative estimate of drug-likeness (QED) is 0.134. The summed E-state index contributed by atoms with van der Waals surface area (Å²) >= 11 is 0. The Bertz CT molecular complexity index is 2080. The molecule has 0 bridgehead atoms. The maximum atomic E-state index is 13.7. The van der Waals surface area contributed by atoms with Crippen LogP contribution in [-0.2, 0) is 16.0 Å². The van der Waals surface area contributed by atoms with E-state index < -0.39 is 29.1 Å². The number of rotatable bonds is 9. The number of hydrazine groups is 1. The van der Waals surface area contributed by atoms with Crippen molar-refractivity contribution >= 4 is 45.6 Å². The Labute approximate surface area is 274 Å². The molecule has 5 aromatic carbocycles. The first-order valence-electron chi connectivity index (χ1n) is 15.0. The molecule has 1 saturated heterocycles. The number of phenolic OH excluding ortho intramolecular Hbond substituents is 1. The predicted octanol–water partition coefficient (Wildman–Crippen LogP) is 6.54. The smallest absolute Gasteiger partial charge is 0.269 e. The van der Waals surface area contributed by atoms with Crippen LogP contribution in [0, 0.1) is 17.0 Å². The van der Waals surface area contributed by atoms with Crippen LogP contribution in [0.4, 0.5) is 17.1 Å². The van der Waals surface area contributed by atoms with Crippen LogP contribution in [0.2, 0.25) is 0 Å². The number of ether oxygens (including phenoxy) is 2. The van der Waals surface area contributed by atoms with Gasteiger partial charge >= 0.3 is 0 Å². The summed E-state index contributed by atoms with van der Waals surface area (Å²) in [4.78, 5) is 51.3. The lowest BCUT2D eigenvalue weighted by atomic mass is 10.0. The number of hydrogen-bond donors (Lipinski definition) is 2. The first kappa shape index (κ1) is 31.5. The third-order valence-electron chi connectivity index (χ3n) is 8.05. The number of nitro groups is 1. The summed E-state index contributed by atoms with van der Waals surface area (Å²) in [5.41, 5.74) is 1.78. The molecule has 1 aliphatic rings. The maximum Gasteiger partial charge on any atom is 0.269 e. The highest BCUT2D eigenvalue weighted by atomic mass is 16.6. The van der Waals surface area contributed by atoms with Crippen molar-refractivity contribution in [3.8, 4) is 23.0 Å². The van der Waals surface area contributed by atoms with Crippen LogP contribution in [0.25, 0.3) is 10.8 Å². The van der Waals surface area contributed by atoms with E-state index in [1.165, 1.54) is 31.4 Å². The molecular weight excluding hydrogens is 616 g/mol. The third kappa shape index (κ3) is 6.18. The van der Waals surface area contributed by atoms with E-state index in [4.69, 9.17) is 9.47 Å². The van der Waals surface area contributed by atoms with E-state index in [1.54, 1.807) is 65.7 Å². The number of amides is 3. The molecule has 1 aliphatic heterocycles. The van der Waals surface area contributed by atoms with Crippen LogP contribution in [0.5, 0.6) is 23.0 Å². The number of hydrogen-bond acceptors (Lipinski definition) is 9. The van der Waals surface area contributed by atoms with E-state index in [2.05, 4.69) is 5.32 Å². The van der Waals surface area contributed by atoms with E-state index >= 15 is 0 Å². The van der Waals surface area contributed by atoms with E-state index in [0.29, 0.717) is 27.9 Å². The van der Waals surface area contributed by atoms with E-state index in [1.807, 2.05) is 19.1 Å². The number of imide groups is 1. The van der Waals surface area contributed by atoms with Gasteiger partial charge < -0.3 is 19.9 Å². The number of para-hydroxylation sites is 1. The first-order valence-corrected chi connectivity index (χ1v) is 15.0. The molecule has 0 saturated carbocycles. The number of aryl methyl sites for hydroxylation is 1. The van der Waals surface area contributed by atoms with Gasteiger partial charge in [0.15, 0.2) is 0 Å². The van der Waals surface area contributed by atoms with Crippen molar-refractivity contribution in [2.24, 2.45) is 0 Å². The van der Waals surface area contributed by atoms with Crippen LogP contribution >= 0.6 is 0 Å². The monoisotopic (exact) mass is 646 g/mol. The minimum Gasteiger partial charge on any atom is -0.506 e. The second-order valence-corrected chi connectivity index (χ2v) is 11.1. The fourth-order valence-corrected chi connectivity index (χ4v) is 5.58. The van der Waals surface area contributed by atoms with Crippen molar-refractivity contribution in [1.82, 2.24) is 5.01 Å². The van der Waals surface area contributed by atoms with Gasteiger partial charge in [0.1, 0.15) is 23.0 Å². The van der Waals surface area contributed by atoms with Crippen LogP contribution in [-0.4, -0.2) is 46.4 Å². The lowest BCUT2D eigenvalue weighted by Crippen LogP contribution is -2.44. The number of nitrogens with one attached hydrogen (secondary N) is 1. The first-order chi connectivity index (χ1) is 23.1. The maximum absolute atomic E-state index is 13.7. The van der Waals surface area contributed by atoms with Gasteiger partial charge in [-0.05, 0) is 55.0 Å². The zero-order valence-corrected chi connectivity index (χ0v) is 26.0. The van der Waals surface area contributed by atoms with Crippen LogP contribution in [0.15, 0.2) is 97.1 Å². The highest BCUT2D eigenvalue weighted by Crippen LogP contribution is 2.40. The lowest BCUT2D eigenvalue weighted by Gasteiger charge is -2.28. The fourth-order valence-electron chi connectivity index (χ4n) is 5.58. The zero-order chi connectivity index (χ0) is 33.9. The summed E-state index contributed by atoms with van der Waals surface area (Å²) in [5.74, 6) is -1.00. The summed E-state index contributed by atoms with van der Waals surface area (Å²) in [6.45, 7) is 2.11. The summed E-state index contributed by atoms with van der Waals surface area (Å²) in [6.07, 6.45) is -0.311. The summed E-state index contributed by atoms with van der Waals surface area (Å²) in [5, 5.41) is 29.1. The Balaban J connectivity index is 1.36. The Kier molecular flexibility index (Phi) is 8.63. The molecule has 2 N–H and O–H groups in total. The Morgan fingerprint density at radius 1 is 0.938 bits per heavy atom. The number of methoxy groups -OCH3 is 1. The van der Waals surface area contributed by atoms with Gasteiger partial charge in [0.2, 0.25) is 5.91 Å². The number of benzene rings is 5. The summed E-state index contributed by atoms with van der Waals surface area (Å²) in [7, 11) is 1.53. The number of phenols is 1. The number of carbonyl (C=O) groups excluding carboxylic acids is 3. The third-order valence-corrected chi connectivity index (χ3v) is 8.05. The van der Waals surface area contributed by atoms with Crippen molar-refractivity contribution in [3.63, 3.8) is 0 Å². The molecule has 48 heavy (non-hydrogen) atoms. The predicted molar refractivity (Wildman–Crippen MR) is 178 cm³/mol. The normalized spacial score (nSPS) is 12.7. The van der Waals surface area contributed by atoms with Crippen LogP contribution in [0.1, 0.15) is 27.9 Å². The zero-order valence-electron chi connectivity index (χ0n) is 26.0.